The van der Waals surface area contributed by atoms with E-state index in [4.69, 9.17) is 24.7 Å². The Kier molecular flexibility index (Phi) is 8.99. The number of allylic oxidation sites excluding steroid dienone is 1. The van der Waals surface area contributed by atoms with E-state index in [-0.39, 0.29) is 23.0 Å². The summed E-state index contributed by atoms with van der Waals surface area (Å²) in [5.74, 6) is -14.3. The molecule has 4 aromatic carbocycles. The molecule has 0 aliphatic carbocycles. The summed E-state index contributed by atoms with van der Waals surface area (Å²) in [7, 11) is 1.47. The van der Waals surface area contributed by atoms with E-state index in [0.717, 1.165) is 11.1 Å². The van der Waals surface area contributed by atoms with Crippen molar-refractivity contribution in [2.45, 2.75) is 19.4 Å². The molecule has 2 N–H and O–H groups in total. The predicted molar refractivity (Wildman–Crippen MR) is 152 cm³/mol. The molecule has 0 aromatic heterocycles. The number of nitriles is 1. The first kappa shape index (κ1) is 31.6. The lowest BCUT2D eigenvalue weighted by molar-refractivity contribution is -0.136. The Morgan fingerprint density at radius 3 is 2.22 bits per heavy atom. The molecule has 13 heteroatoms. The summed E-state index contributed by atoms with van der Waals surface area (Å²) < 4.78 is 94.6. The van der Waals surface area contributed by atoms with Gasteiger partial charge in [-0.3, -0.25) is 0 Å². The van der Waals surface area contributed by atoms with Gasteiger partial charge in [-0.25, -0.2) is 18.0 Å². The molecule has 4 aromatic rings. The van der Waals surface area contributed by atoms with E-state index in [0.29, 0.717) is 29.2 Å². The number of aryl methyl sites for hydroxylation is 1. The molecule has 1 heterocycles. The maximum absolute atomic E-state index is 13.9. The number of hydrogen-bond donors (Lipinski definition) is 1. The molecule has 0 radical (unpaired) electrons. The first-order valence-corrected chi connectivity index (χ1v) is 13.4. The highest BCUT2D eigenvalue weighted by atomic mass is 19.2. The van der Waals surface area contributed by atoms with Crippen molar-refractivity contribution in [3.05, 3.63) is 123 Å². The van der Waals surface area contributed by atoms with Crippen LogP contribution in [0, 0.1) is 47.3 Å². The van der Waals surface area contributed by atoms with Crippen LogP contribution in [0.25, 0.3) is 0 Å². The van der Waals surface area contributed by atoms with E-state index in [1.54, 1.807) is 18.2 Å². The van der Waals surface area contributed by atoms with Gasteiger partial charge in [-0.2, -0.15) is 14.0 Å². The lowest BCUT2D eigenvalue weighted by Gasteiger charge is -2.27. The Balaban J connectivity index is 1.35. The monoisotopic (exact) mass is 638 g/mol. The average Bonchev–Trinajstić information content (AvgIpc) is 3.05. The maximum atomic E-state index is 13.9. The predicted octanol–water partition coefficient (Wildman–Crippen LogP) is 6.48. The molecule has 1 aliphatic rings. The summed E-state index contributed by atoms with van der Waals surface area (Å²) in [5, 5.41) is 9.92. The number of rotatable bonds is 9. The van der Waals surface area contributed by atoms with Gasteiger partial charge in [-0.15, -0.1) is 0 Å². The van der Waals surface area contributed by atoms with Crippen LogP contribution in [0.5, 0.6) is 28.7 Å². The average molecular weight is 639 g/mol. The second kappa shape index (κ2) is 13.1. The fraction of sp³-hybridized carbons (Fsp3) is 0.152. The third-order valence-corrected chi connectivity index (χ3v) is 6.96. The van der Waals surface area contributed by atoms with Gasteiger partial charge in [0.1, 0.15) is 29.7 Å². The number of halogens is 5. The van der Waals surface area contributed by atoms with Crippen LogP contribution in [0.4, 0.5) is 22.0 Å². The number of hydrogen-bond acceptors (Lipinski definition) is 8. The van der Waals surface area contributed by atoms with Crippen LogP contribution in [0.15, 0.2) is 72.1 Å². The number of nitrogens with two attached hydrogens (primary N) is 1. The maximum Gasteiger partial charge on any atom is 0.349 e. The fourth-order valence-corrected chi connectivity index (χ4v) is 4.67. The molecule has 236 valence electrons. The van der Waals surface area contributed by atoms with Crippen LogP contribution in [-0.2, 0) is 11.4 Å². The summed E-state index contributed by atoms with van der Waals surface area (Å²) in [6.07, 6.45) is 0. The van der Waals surface area contributed by atoms with Crippen LogP contribution in [0.1, 0.15) is 28.2 Å². The van der Waals surface area contributed by atoms with Gasteiger partial charge in [0.25, 0.3) is 0 Å². The van der Waals surface area contributed by atoms with Crippen LogP contribution in [0.3, 0.4) is 0 Å². The van der Waals surface area contributed by atoms with Gasteiger partial charge >= 0.3 is 5.97 Å². The molecule has 0 amide bonds. The van der Waals surface area contributed by atoms with Gasteiger partial charge in [0.05, 0.1) is 13.0 Å². The molecule has 0 spiro atoms. The van der Waals surface area contributed by atoms with Crippen molar-refractivity contribution in [1.29, 1.82) is 5.26 Å². The Morgan fingerprint density at radius 2 is 1.57 bits per heavy atom. The molecule has 1 unspecified atom stereocenters. The SMILES string of the molecule is COc1cc(C2C(C#N)=C(N)Oc3cc(OC(=O)COc4c(F)c(F)c(F)c(F)c4F)ccc32)ccc1OCc1ccc(C)cc1. The Labute approximate surface area is 258 Å². The normalized spacial score (nSPS) is 13.7. The number of carbonyl (C=O) groups excluding carboxylic acids is 1. The number of carbonyl (C=O) groups is 1. The van der Waals surface area contributed by atoms with Gasteiger partial charge in [-0.05, 0) is 36.2 Å². The Morgan fingerprint density at radius 1 is 0.891 bits per heavy atom. The van der Waals surface area contributed by atoms with Crippen molar-refractivity contribution >= 4 is 5.97 Å². The van der Waals surface area contributed by atoms with E-state index >= 15 is 0 Å². The van der Waals surface area contributed by atoms with Crippen molar-refractivity contribution in [2.75, 3.05) is 13.7 Å². The molecule has 8 nitrogen and oxygen atoms in total. The zero-order valence-corrected chi connectivity index (χ0v) is 24.1. The summed E-state index contributed by atoms with van der Waals surface area (Å²) in [6.45, 7) is 1.08. The van der Waals surface area contributed by atoms with Gasteiger partial charge in [-0.1, -0.05) is 42.0 Å². The molecule has 0 bridgehead atoms. The standard InChI is InChI=1S/C33H23F5N2O6/c1-16-3-5-17(6-4-16)14-43-22-10-7-18(11-24(22)42-2)26-20-9-8-19(12-23(20)46-33(40)21(26)13-39)45-25(41)15-44-32-30(37)28(35)27(34)29(36)31(32)38/h3-12,26H,14-15,40H2,1-2H3. The lowest BCUT2D eigenvalue weighted by atomic mass is 9.83. The van der Waals surface area contributed by atoms with Gasteiger partial charge in [0, 0.05) is 11.6 Å². The summed E-state index contributed by atoms with van der Waals surface area (Å²) in [4.78, 5) is 12.3. The van der Waals surface area contributed by atoms with Crippen molar-refractivity contribution < 1.29 is 50.4 Å². The molecular formula is C33H23F5N2O6. The summed E-state index contributed by atoms with van der Waals surface area (Å²) in [6, 6.07) is 19.2. The third-order valence-electron chi connectivity index (χ3n) is 6.96. The van der Waals surface area contributed by atoms with Crippen LogP contribution < -0.4 is 29.4 Å². The Bertz CT molecular complexity index is 1880. The molecule has 1 atom stereocenters. The minimum absolute atomic E-state index is 0.101. The molecule has 0 saturated carbocycles. The van der Waals surface area contributed by atoms with E-state index in [9.17, 15) is 32.0 Å². The van der Waals surface area contributed by atoms with Gasteiger partial charge in [0.2, 0.25) is 35.0 Å². The molecule has 1 aliphatic heterocycles. The van der Waals surface area contributed by atoms with Gasteiger partial charge in [0.15, 0.2) is 23.9 Å². The zero-order valence-electron chi connectivity index (χ0n) is 24.1. The fourth-order valence-electron chi connectivity index (χ4n) is 4.67. The minimum atomic E-state index is -2.37. The number of esters is 1. The number of methoxy groups -OCH3 is 1. The number of ether oxygens (including phenoxy) is 5. The highest BCUT2D eigenvalue weighted by Gasteiger charge is 2.32. The van der Waals surface area contributed by atoms with E-state index < -0.39 is 53.3 Å². The van der Waals surface area contributed by atoms with Crippen LogP contribution in [-0.4, -0.2) is 19.7 Å². The van der Waals surface area contributed by atoms with Crippen molar-refractivity contribution in [2.24, 2.45) is 5.73 Å². The largest absolute Gasteiger partial charge is 0.493 e. The Hall–Kier alpha value is -5.77. The molecule has 5 rings (SSSR count). The van der Waals surface area contributed by atoms with Crippen LogP contribution in [0.2, 0.25) is 0 Å². The van der Waals surface area contributed by atoms with Crippen LogP contribution >= 0.6 is 0 Å². The number of benzene rings is 4. The van der Waals surface area contributed by atoms with E-state index in [1.807, 2.05) is 31.2 Å². The quantitative estimate of drug-likeness (QED) is 0.0729. The van der Waals surface area contributed by atoms with Crippen molar-refractivity contribution in [1.82, 2.24) is 0 Å². The van der Waals surface area contributed by atoms with E-state index in [2.05, 4.69) is 10.8 Å². The first-order chi connectivity index (χ1) is 22.0. The first-order valence-electron chi connectivity index (χ1n) is 13.4. The van der Waals surface area contributed by atoms with Crippen molar-refractivity contribution in [3.8, 4) is 34.8 Å². The van der Waals surface area contributed by atoms with Crippen molar-refractivity contribution in [3.63, 3.8) is 0 Å². The third kappa shape index (κ3) is 6.23. The highest BCUT2D eigenvalue weighted by Crippen LogP contribution is 2.45. The number of nitrogens with zero attached hydrogens (tertiary/aromatic N) is 1. The molecule has 0 saturated heterocycles. The minimum Gasteiger partial charge on any atom is -0.493 e. The summed E-state index contributed by atoms with van der Waals surface area (Å²) >= 11 is 0. The molecule has 0 fully saturated rings. The smallest absolute Gasteiger partial charge is 0.349 e. The van der Waals surface area contributed by atoms with Gasteiger partial charge < -0.3 is 29.4 Å². The topological polar surface area (TPSA) is 113 Å². The molecular weight excluding hydrogens is 615 g/mol. The second-order valence-electron chi connectivity index (χ2n) is 9.97. The summed E-state index contributed by atoms with van der Waals surface area (Å²) in [5.41, 5.74) is 9.32. The lowest BCUT2D eigenvalue weighted by Crippen LogP contribution is -2.22. The second-order valence-corrected chi connectivity index (χ2v) is 9.97. The highest BCUT2D eigenvalue weighted by molar-refractivity contribution is 5.74. The molecule has 46 heavy (non-hydrogen) atoms. The number of fused-ring (bicyclic) bond motifs is 1. The zero-order chi connectivity index (χ0) is 33.1. The van der Waals surface area contributed by atoms with E-state index in [1.165, 1.54) is 25.3 Å².